The number of hydrogen-bond acceptors (Lipinski definition) is 4. The van der Waals surface area contributed by atoms with Crippen LogP contribution in [-0.4, -0.2) is 15.9 Å². The quantitative estimate of drug-likeness (QED) is 0.824. The number of nitrogens with zero attached hydrogens (tertiary/aromatic N) is 1. The average Bonchev–Trinajstić information content (AvgIpc) is 2.47. The minimum absolute atomic E-state index is 0.276. The summed E-state index contributed by atoms with van der Waals surface area (Å²) in [6, 6.07) is 0. The molecule has 0 bridgehead atoms. The van der Waals surface area contributed by atoms with Crippen molar-refractivity contribution >= 4 is 39.8 Å². The van der Waals surface area contributed by atoms with Crippen LogP contribution in [0.3, 0.4) is 0 Å². The molecule has 0 spiro atoms. The first-order valence-corrected chi connectivity index (χ1v) is 5.95. The lowest BCUT2D eigenvalue weighted by molar-refractivity contribution is -0.141. The zero-order valence-corrected chi connectivity index (χ0v) is 9.78. The van der Waals surface area contributed by atoms with Crippen LogP contribution in [0.1, 0.15) is 22.3 Å². The van der Waals surface area contributed by atoms with E-state index in [4.69, 9.17) is 11.6 Å². The monoisotopic (exact) mass is 275 g/mol. The van der Waals surface area contributed by atoms with Gasteiger partial charge in [0.2, 0.25) is 5.12 Å². The molecule has 15 heavy (non-hydrogen) atoms. The second-order valence-electron chi connectivity index (χ2n) is 2.36. The molecule has 0 aliphatic heterocycles. The molecule has 0 saturated heterocycles. The first-order chi connectivity index (χ1) is 6.86. The Bertz CT molecular complexity index is 377. The Balaban J connectivity index is 3.12. The Labute approximate surface area is 96.8 Å². The lowest BCUT2D eigenvalue weighted by Gasteiger charge is -2.03. The number of thiazole rings is 1. The van der Waals surface area contributed by atoms with Crippen LogP contribution in [0.25, 0.3) is 0 Å². The van der Waals surface area contributed by atoms with Gasteiger partial charge in [-0.3, -0.25) is 4.79 Å². The fourth-order valence-electron chi connectivity index (χ4n) is 0.821. The summed E-state index contributed by atoms with van der Waals surface area (Å²) in [5.74, 6) is 0.408. The Hall–Kier alpha value is -0.270. The van der Waals surface area contributed by atoms with Gasteiger partial charge in [0, 0.05) is 0 Å². The van der Waals surface area contributed by atoms with Crippen LogP contribution in [-0.2, 0) is 6.18 Å². The molecule has 0 unspecified atom stereocenters. The normalized spacial score (nSPS) is 11.8. The van der Waals surface area contributed by atoms with E-state index in [0.717, 1.165) is 11.8 Å². The molecule has 2 nitrogen and oxygen atoms in total. The number of carbonyl (C=O) groups is 1. The highest BCUT2D eigenvalue weighted by atomic mass is 35.5. The SMILES string of the molecule is CCSC(=O)c1sc(Cl)nc1C(F)(F)F. The standard InChI is InChI=1S/C7H5ClF3NOS2/c1-2-14-5(13)3-4(7(9,10)11)12-6(8)15-3/h2H2,1H3. The second-order valence-corrected chi connectivity index (χ2v) is 5.18. The highest BCUT2D eigenvalue weighted by Crippen LogP contribution is 2.37. The van der Waals surface area contributed by atoms with Gasteiger partial charge in [0.1, 0.15) is 4.88 Å². The number of carbonyl (C=O) groups excluding carboxylic acids is 1. The molecule has 0 N–H and O–H groups in total. The zero-order chi connectivity index (χ0) is 11.6. The predicted octanol–water partition coefficient (Wildman–Crippen LogP) is 3.71. The Morgan fingerprint density at radius 2 is 2.20 bits per heavy atom. The van der Waals surface area contributed by atoms with Crippen molar-refractivity contribution < 1.29 is 18.0 Å². The number of alkyl halides is 3. The van der Waals surface area contributed by atoms with Crippen LogP contribution >= 0.6 is 34.7 Å². The van der Waals surface area contributed by atoms with Gasteiger partial charge in [0.05, 0.1) is 0 Å². The van der Waals surface area contributed by atoms with Crippen molar-refractivity contribution in [1.82, 2.24) is 4.98 Å². The van der Waals surface area contributed by atoms with Crippen molar-refractivity contribution in [2.24, 2.45) is 0 Å². The molecule has 0 aliphatic rings. The van der Waals surface area contributed by atoms with E-state index in [1.807, 2.05) is 0 Å². The minimum Gasteiger partial charge on any atom is -0.281 e. The maximum Gasteiger partial charge on any atom is 0.435 e. The van der Waals surface area contributed by atoms with Crippen LogP contribution < -0.4 is 0 Å². The van der Waals surface area contributed by atoms with E-state index in [1.54, 1.807) is 6.92 Å². The highest BCUT2D eigenvalue weighted by Gasteiger charge is 2.39. The molecule has 1 rings (SSSR count). The van der Waals surface area contributed by atoms with Crippen LogP contribution in [0.5, 0.6) is 0 Å². The molecular weight excluding hydrogens is 271 g/mol. The molecule has 1 aromatic rings. The van der Waals surface area contributed by atoms with Crippen LogP contribution in [0.4, 0.5) is 13.2 Å². The summed E-state index contributed by atoms with van der Waals surface area (Å²) in [6.07, 6.45) is -4.64. The van der Waals surface area contributed by atoms with Gasteiger partial charge in [-0.1, -0.05) is 41.6 Å². The average molecular weight is 276 g/mol. The third-order valence-corrected chi connectivity index (χ3v) is 3.37. The third kappa shape index (κ3) is 3.09. The van der Waals surface area contributed by atoms with Crippen molar-refractivity contribution in [2.45, 2.75) is 13.1 Å². The fourth-order valence-corrected chi connectivity index (χ4v) is 2.58. The van der Waals surface area contributed by atoms with Gasteiger partial charge >= 0.3 is 6.18 Å². The summed E-state index contributed by atoms with van der Waals surface area (Å²) >= 11 is 6.72. The summed E-state index contributed by atoms with van der Waals surface area (Å²) in [5, 5.41) is -0.644. The Morgan fingerprint density at radius 1 is 1.60 bits per heavy atom. The van der Waals surface area contributed by atoms with Crippen LogP contribution in [0.15, 0.2) is 0 Å². The number of hydrogen-bond donors (Lipinski definition) is 0. The minimum atomic E-state index is -4.64. The molecule has 0 aromatic carbocycles. The maximum absolute atomic E-state index is 12.4. The summed E-state index contributed by atoms with van der Waals surface area (Å²) in [7, 11) is 0. The fraction of sp³-hybridized carbons (Fsp3) is 0.429. The first-order valence-electron chi connectivity index (χ1n) is 3.77. The summed E-state index contributed by atoms with van der Waals surface area (Å²) in [6.45, 7) is 1.68. The van der Waals surface area contributed by atoms with Crippen molar-refractivity contribution in [1.29, 1.82) is 0 Å². The lowest BCUT2D eigenvalue weighted by atomic mass is 10.4. The highest BCUT2D eigenvalue weighted by molar-refractivity contribution is 8.14. The van der Waals surface area contributed by atoms with Crippen molar-refractivity contribution in [3.63, 3.8) is 0 Å². The largest absolute Gasteiger partial charge is 0.435 e. The molecule has 0 aliphatic carbocycles. The number of thioether (sulfide) groups is 1. The van der Waals surface area contributed by atoms with Crippen LogP contribution in [0, 0.1) is 0 Å². The maximum atomic E-state index is 12.4. The molecule has 0 saturated carbocycles. The number of halogens is 4. The van der Waals surface area contributed by atoms with E-state index in [1.165, 1.54) is 0 Å². The third-order valence-electron chi connectivity index (χ3n) is 1.33. The second kappa shape index (κ2) is 4.71. The summed E-state index contributed by atoms with van der Waals surface area (Å²) < 4.78 is 36.9. The van der Waals surface area contributed by atoms with E-state index in [2.05, 4.69) is 4.98 Å². The molecule has 8 heteroatoms. The molecule has 0 fully saturated rings. The molecule has 0 radical (unpaired) electrons. The lowest BCUT2D eigenvalue weighted by Crippen LogP contribution is -2.10. The van der Waals surface area contributed by atoms with Crippen molar-refractivity contribution in [3.05, 3.63) is 15.0 Å². The van der Waals surface area contributed by atoms with Gasteiger partial charge in [-0.25, -0.2) is 4.98 Å². The van der Waals surface area contributed by atoms with E-state index in [9.17, 15) is 18.0 Å². The van der Waals surface area contributed by atoms with Gasteiger partial charge in [-0.15, -0.1) is 0 Å². The van der Waals surface area contributed by atoms with Gasteiger partial charge in [-0.2, -0.15) is 13.2 Å². The van der Waals surface area contributed by atoms with Crippen molar-refractivity contribution in [3.8, 4) is 0 Å². The smallest absolute Gasteiger partial charge is 0.281 e. The Morgan fingerprint density at radius 3 is 2.67 bits per heavy atom. The van der Waals surface area contributed by atoms with Crippen LogP contribution in [0.2, 0.25) is 4.47 Å². The zero-order valence-electron chi connectivity index (χ0n) is 7.39. The van der Waals surface area contributed by atoms with Gasteiger partial charge in [-0.05, 0) is 5.75 Å². The topological polar surface area (TPSA) is 30.0 Å². The molecular formula is C7H5ClF3NOS2. The van der Waals surface area contributed by atoms with Gasteiger partial charge < -0.3 is 0 Å². The Kier molecular flexibility index (Phi) is 4.02. The molecule has 0 amide bonds. The summed E-state index contributed by atoms with van der Waals surface area (Å²) in [5.41, 5.74) is -1.19. The van der Waals surface area contributed by atoms with E-state index >= 15 is 0 Å². The molecule has 1 heterocycles. The summed E-state index contributed by atoms with van der Waals surface area (Å²) in [4.78, 5) is 14.0. The van der Waals surface area contributed by atoms with E-state index in [0.29, 0.717) is 17.1 Å². The van der Waals surface area contributed by atoms with E-state index in [-0.39, 0.29) is 4.47 Å². The predicted molar refractivity (Wildman–Crippen MR) is 54.6 cm³/mol. The van der Waals surface area contributed by atoms with E-state index < -0.39 is 21.9 Å². The molecule has 84 valence electrons. The first kappa shape index (κ1) is 12.8. The van der Waals surface area contributed by atoms with Gasteiger partial charge in [0.25, 0.3) is 0 Å². The molecule has 0 atom stereocenters. The molecule has 1 aromatic heterocycles. The van der Waals surface area contributed by atoms with Crippen molar-refractivity contribution in [2.75, 3.05) is 5.75 Å². The van der Waals surface area contributed by atoms with Gasteiger partial charge in [0.15, 0.2) is 10.2 Å². The number of rotatable bonds is 2. The number of aromatic nitrogens is 1.